The number of carboxylic acid groups (broad SMARTS) is 2. The Balaban J connectivity index is 1.81. The van der Waals surface area contributed by atoms with Gasteiger partial charge >= 0.3 is 11.9 Å². The zero-order valence-electron chi connectivity index (χ0n) is 15.4. The third-order valence-electron chi connectivity index (χ3n) is 4.03. The van der Waals surface area contributed by atoms with E-state index in [0.717, 1.165) is 28.5 Å². The molecule has 1 aromatic heterocycles. The average molecular weight is 488 g/mol. The van der Waals surface area contributed by atoms with E-state index in [-0.39, 0.29) is 33.2 Å². The molecule has 3 heterocycles. The van der Waals surface area contributed by atoms with Crippen molar-refractivity contribution in [2.45, 2.75) is 11.4 Å². The molecule has 0 saturated carbocycles. The summed E-state index contributed by atoms with van der Waals surface area (Å²) in [4.78, 5) is 58.2. The number of nitrogens with zero attached hydrogens (tertiary/aromatic N) is 4. The van der Waals surface area contributed by atoms with E-state index in [1.165, 1.54) is 28.9 Å². The number of carbonyl (C=O) groups excluding carboxylic acids is 2. The van der Waals surface area contributed by atoms with Gasteiger partial charge in [-0.05, 0) is 6.08 Å². The van der Waals surface area contributed by atoms with Gasteiger partial charge in [0.25, 0.3) is 11.8 Å². The standard InChI is InChI=1S/C16H14ClN5O7S2/c17-11-12(20-16(18)31-11)22(8(23)4-19-29-3-1-2-9(24)25)10-13(26)21-5-7(15(27)28)6-30-14(10)21/h1-2,4-5,10,14H,3,6H2,(H2,18,20)(H,24,25)(H,27,28)/t10?,14-/m1/s1. The fourth-order valence-corrected chi connectivity index (χ4v) is 4.94. The second kappa shape index (κ2) is 9.36. The van der Waals surface area contributed by atoms with Crippen molar-refractivity contribution in [2.24, 2.45) is 5.16 Å². The number of nitrogens with two attached hydrogens (primary N) is 1. The Bertz CT molecular complexity index is 1020. The Hall–Kier alpha value is -3.10. The van der Waals surface area contributed by atoms with Crippen molar-refractivity contribution in [3.63, 3.8) is 0 Å². The van der Waals surface area contributed by atoms with Crippen molar-refractivity contribution in [2.75, 3.05) is 23.0 Å². The lowest BCUT2D eigenvalue weighted by Crippen LogP contribution is -2.70. The second-order valence-corrected chi connectivity index (χ2v) is 8.72. The molecule has 0 aromatic carbocycles. The molecule has 1 fully saturated rings. The number of thiazole rings is 1. The lowest BCUT2D eigenvalue weighted by molar-refractivity contribution is -0.142. The molecule has 2 aliphatic heterocycles. The predicted molar refractivity (Wildman–Crippen MR) is 113 cm³/mol. The summed E-state index contributed by atoms with van der Waals surface area (Å²) in [5, 5.41) is 20.6. The molecular formula is C16H14ClN5O7S2. The highest BCUT2D eigenvalue weighted by Crippen LogP contribution is 2.42. The van der Waals surface area contributed by atoms with Crippen LogP contribution in [0.25, 0.3) is 0 Å². The zero-order chi connectivity index (χ0) is 22.7. The summed E-state index contributed by atoms with van der Waals surface area (Å²) in [7, 11) is 0. The average Bonchev–Trinajstić information content (AvgIpc) is 3.04. The number of hydrogen-bond donors (Lipinski definition) is 3. The molecule has 2 aliphatic rings. The molecule has 1 unspecified atom stereocenters. The Morgan fingerprint density at radius 2 is 2.19 bits per heavy atom. The fourth-order valence-electron chi connectivity index (χ4n) is 2.72. The zero-order valence-corrected chi connectivity index (χ0v) is 17.8. The Kier molecular flexibility index (Phi) is 6.82. The van der Waals surface area contributed by atoms with Gasteiger partial charge in [-0.1, -0.05) is 28.1 Å². The van der Waals surface area contributed by atoms with Crippen LogP contribution in [0.2, 0.25) is 4.34 Å². The molecule has 0 spiro atoms. The summed E-state index contributed by atoms with van der Waals surface area (Å²) in [5.74, 6) is -3.48. The minimum Gasteiger partial charge on any atom is -0.478 e. The third kappa shape index (κ3) is 4.81. The summed E-state index contributed by atoms with van der Waals surface area (Å²) in [5.41, 5.74) is 5.73. The number of nitrogen functional groups attached to an aromatic ring is 1. The highest BCUT2D eigenvalue weighted by molar-refractivity contribution is 8.00. The molecule has 12 nitrogen and oxygen atoms in total. The first kappa shape index (κ1) is 22.6. The van der Waals surface area contributed by atoms with Crippen LogP contribution in [0.15, 0.2) is 29.1 Å². The molecule has 0 radical (unpaired) electrons. The summed E-state index contributed by atoms with van der Waals surface area (Å²) >= 11 is 8.24. The summed E-state index contributed by atoms with van der Waals surface area (Å²) in [6, 6.07) is -1.01. The number of anilines is 2. The van der Waals surface area contributed by atoms with Crippen LogP contribution in [0.4, 0.5) is 10.9 Å². The molecule has 3 rings (SSSR count). The van der Waals surface area contributed by atoms with Crippen LogP contribution in [0, 0.1) is 0 Å². The van der Waals surface area contributed by atoms with Crippen LogP contribution in [0.5, 0.6) is 0 Å². The molecule has 15 heteroatoms. The minimum atomic E-state index is -1.16. The Morgan fingerprint density at radius 3 is 2.81 bits per heavy atom. The number of β-lactam (4-membered cyclic amide) rings is 1. The first-order valence-corrected chi connectivity index (χ1v) is 10.6. The quantitative estimate of drug-likeness (QED) is 0.155. The van der Waals surface area contributed by atoms with Gasteiger partial charge in [0.15, 0.2) is 10.9 Å². The Morgan fingerprint density at radius 1 is 1.45 bits per heavy atom. The smallest absolute Gasteiger partial charge is 0.333 e. The van der Waals surface area contributed by atoms with Crippen LogP contribution in [0.3, 0.4) is 0 Å². The maximum atomic E-state index is 12.8. The molecule has 2 amide bonds. The van der Waals surface area contributed by atoms with Crippen molar-refractivity contribution in [1.82, 2.24) is 9.88 Å². The number of oxime groups is 1. The lowest BCUT2D eigenvalue weighted by Gasteiger charge is -2.50. The number of amides is 2. The van der Waals surface area contributed by atoms with Gasteiger partial charge in [-0.2, -0.15) is 0 Å². The molecule has 0 bridgehead atoms. The van der Waals surface area contributed by atoms with Gasteiger partial charge in [0.2, 0.25) is 0 Å². The number of fused-ring (bicyclic) bond motifs is 1. The van der Waals surface area contributed by atoms with Crippen LogP contribution < -0.4 is 10.6 Å². The maximum absolute atomic E-state index is 12.8. The second-order valence-electron chi connectivity index (χ2n) is 5.98. The number of aliphatic carboxylic acids is 2. The highest BCUT2D eigenvalue weighted by atomic mass is 35.5. The van der Waals surface area contributed by atoms with Crippen molar-refractivity contribution in [3.05, 3.63) is 28.3 Å². The topological polar surface area (TPSA) is 176 Å². The van der Waals surface area contributed by atoms with Crippen LogP contribution >= 0.6 is 34.7 Å². The monoisotopic (exact) mass is 487 g/mol. The van der Waals surface area contributed by atoms with Gasteiger partial charge in [-0.15, -0.1) is 11.8 Å². The van der Waals surface area contributed by atoms with Crippen LogP contribution in [-0.2, 0) is 24.0 Å². The number of carbonyl (C=O) groups is 4. The van der Waals surface area contributed by atoms with E-state index in [0.29, 0.717) is 0 Å². The van der Waals surface area contributed by atoms with Crippen LogP contribution in [-0.4, -0.2) is 73.8 Å². The van der Waals surface area contributed by atoms with E-state index in [1.807, 2.05) is 0 Å². The van der Waals surface area contributed by atoms with Crippen LogP contribution in [0.1, 0.15) is 0 Å². The molecule has 31 heavy (non-hydrogen) atoms. The maximum Gasteiger partial charge on any atom is 0.333 e. The molecule has 0 aliphatic carbocycles. The van der Waals surface area contributed by atoms with E-state index in [9.17, 15) is 19.2 Å². The Labute approximate surface area is 187 Å². The number of aromatic nitrogens is 1. The number of carboxylic acids is 2. The predicted octanol–water partition coefficient (Wildman–Crippen LogP) is 0.607. The van der Waals surface area contributed by atoms with Gasteiger partial charge in [-0.25, -0.2) is 14.6 Å². The molecule has 4 N–H and O–H groups in total. The number of halogens is 1. The first-order chi connectivity index (χ1) is 14.7. The molecule has 2 atom stereocenters. The van der Waals surface area contributed by atoms with E-state index >= 15 is 0 Å². The van der Waals surface area contributed by atoms with Gasteiger partial charge in [0.05, 0.1) is 5.57 Å². The first-order valence-electron chi connectivity index (χ1n) is 8.38. The third-order valence-corrected chi connectivity index (χ3v) is 6.40. The molecular weight excluding hydrogens is 474 g/mol. The normalized spacial score (nSPS) is 20.4. The highest BCUT2D eigenvalue weighted by Gasteiger charge is 2.54. The molecule has 1 saturated heterocycles. The van der Waals surface area contributed by atoms with Crippen molar-refractivity contribution < 1.29 is 34.2 Å². The van der Waals surface area contributed by atoms with Gasteiger partial charge in [-0.3, -0.25) is 14.5 Å². The van der Waals surface area contributed by atoms with E-state index < -0.39 is 35.2 Å². The minimum absolute atomic E-state index is 0.0296. The number of thioether (sulfide) groups is 1. The van der Waals surface area contributed by atoms with Crippen molar-refractivity contribution in [1.29, 1.82) is 0 Å². The summed E-state index contributed by atoms with van der Waals surface area (Å²) in [6.45, 7) is -0.197. The van der Waals surface area contributed by atoms with Crippen molar-refractivity contribution in [3.8, 4) is 0 Å². The lowest BCUT2D eigenvalue weighted by atomic mass is 10.0. The van der Waals surface area contributed by atoms with Crippen molar-refractivity contribution >= 4 is 75.6 Å². The van der Waals surface area contributed by atoms with Gasteiger partial charge in [0.1, 0.15) is 28.6 Å². The summed E-state index contributed by atoms with van der Waals surface area (Å²) < 4.78 is 0.0818. The van der Waals surface area contributed by atoms with E-state index in [2.05, 4.69) is 10.1 Å². The number of rotatable bonds is 8. The number of hydrogen-bond acceptors (Lipinski definition) is 10. The van der Waals surface area contributed by atoms with Gasteiger partial charge < -0.3 is 25.7 Å². The van der Waals surface area contributed by atoms with E-state index in [1.54, 1.807) is 0 Å². The van der Waals surface area contributed by atoms with E-state index in [4.69, 9.17) is 32.4 Å². The molecule has 164 valence electrons. The molecule has 1 aromatic rings. The summed E-state index contributed by atoms with van der Waals surface area (Å²) in [6.07, 6.45) is 4.07. The van der Waals surface area contributed by atoms with Gasteiger partial charge in [0, 0.05) is 18.0 Å². The SMILES string of the molecule is Nc1nc(N(C(=O)C=NOCC=CC(=O)O)C2C(=O)N3C=C(C(=O)O)CS[C@H]23)c(Cl)s1. The fraction of sp³-hybridized carbons (Fsp3) is 0.250. The largest absolute Gasteiger partial charge is 0.478 e.